The van der Waals surface area contributed by atoms with Crippen molar-refractivity contribution < 1.29 is 23.4 Å². The number of carbonyl (C=O) groups is 1. The first-order chi connectivity index (χ1) is 15.0. The summed E-state index contributed by atoms with van der Waals surface area (Å²) in [4.78, 5) is 15.7. The van der Waals surface area contributed by atoms with Gasteiger partial charge in [0.25, 0.3) is 5.88 Å². The molecule has 2 aromatic rings. The van der Waals surface area contributed by atoms with E-state index < -0.39 is 11.8 Å². The van der Waals surface area contributed by atoms with E-state index in [0.717, 1.165) is 25.5 Å². The quantitative estimate of drug-likeness (QED) is 0.435. The Morgan fingerprint density at radius 2 is 2.26 bits per heavy atom. The zero-order valence-electron chi connectivity index (χ0n) is 16.8. The van der Waals surface area contributed by atoms with E-state index in [1.807, 2.05) is 0 Å². The third-order valence-corrected chi connectivity index (χ3v) is 4.78. The molecule has 1 saturated heterocycles. The molecule has 0 saturated carbocycles. The van der Waals surface area contributed by atoms with Gasteiger partial charge in [-0.15, -0.1) is 0 Å². The van der Waals surface area contributed by atoms with Crippen LogP contribution in [0.4, 0.5) is 10.1 Å². The zero-order valence-corrected chi connectivity index (χ0v) is 18.4. The topological polar surface area (TPSA) is 76.2 Å². The number of pyridine rings is 1. The first-order valence-electron chi connectivity index (χ1n) is 9.69. The highest BCUT2D eigenvalue weighted by atomic mass is 35.5. The van der Waals surface area contributed by atoms with Crippen molar-refractivity contribution in [3.63, 3.8) is 0 Å². The Hall–Kier alpha value is -2.53. The van der Waals surface area contributed by atoms with E-state index in [2.05, 4.69) is 10.4 Å². The average Bonchev–Trinajstić information content (AvgIpc) is 2.77. The fourth-order valence-electron chi connectivity index (χ4n) is 2.88. The predicted molar refractivity (Wildman–Crippen MR) is 118 cm³/mol. The molecular formula is C20H22ClFN4O4S. The summed E-state index contributed by atoms with van der Waals surface area (Å²) in [6.07, 6.45) is 3.46. The Kier molecular flexibility index (Phi) is 8.35. The molecule has 0 radical (unpaired) electrons. The maximum Gasteiger partial charge on any atom is 0.344 e. The van der Waals surface area contributed by atoms with E-state index >= 15 is 0 Å². The van der Waals surface area contributed by atoms with Gasteiger partial charge in [-0.1, -0.05) is 23.8 Å². The van der Waals surface area contributed by atoms with E-state index in [-0.39, 0.29) is 41.3 Å². The molecule has 1 N–H and O–H groups in total. The minimum atomic E-state index is -0.559. The summed E-state index contributed by atoms with van der Waals surface area (Å²) < 4.78 is 30.8. The minimum absolute atomic E-state index is 0.0531. The molecule has 31 heavy (non-hydrogen) atoms. The molecule has 0 amide bonds. The summed E-state index contributed by atoms with van der Waals surface area (Å²) >= 11 is 11.3. The van der Waals surface area contributed by atoms with Crippen LogP contribution in [-0.2, 0) is 9.53 Å². The van der Waals surface area contributed by atoms with Crippen LogP contribution in [0.15, 0.2) is 30.5 Å². The van der Waals surface area contributed by atoms with Crippen LogP contribution < -0.4 is 19.9 Å². The van der Waals surface area contributed by atoms with Crippen LogP contribution in [0.25, 0.3) is 0 Å². The van der Waals surface area contributed by atoms with Crippen LogP contribution in [0.2, 0.25) is 5.02 Å². The number of esters is 1. The fourth-order valence-corrected chi connectivity index (χ4v) is 3.30. The van der Waals surface area contributed by atoms with E-state index in [1.54, 1.807) is 24.2 Å². The number of hydrazine groups is 2. The molecule has 3 rings (SSSR count). The van der Waals surface area contributed by atoms with Gasteiger partial charge in [0, 0.05) is 25.4 Å². The van der Waals surface area contributed by atoms with Crippen molar-refractivity contribution >= 4 is 41.0 Å². The van der Waals surface area contributed by atoms with E-state index in [9.17, 15) is 9.18 Å². The zero-order chi connectivity index (χ0) is 22.2. The Morgan fingerprint density at radius 3 is 2.97 bits per heavy atom. The maximum absolute atomic E-state index is 14.7. The molecule has 1 aliphatic heterocycles. The van der Waals surface area contributed by atoms with Gasteiger partial charge in [0.15, 0.2) is 12.4 Å². The third kappa shape index (κ3) is 6.01. The summed E-state index contributed by atoms with van der Waals surface area (Å²) in [6.45, 7) is 3.03. The second kappa shape index (κ2) is 11.2. The lowest BCUT2D eigenvalue weighted by atomic mass is 10.2. The lowest BCUT2D eigenvalue weighted by Crippen LogP contribution is -2.53. The van der Waals surface area contributed by atoms with Gasteiger partial charge in [-0.25, -0.2) is 19.6 Å². The molecule has 0 bridgehead atoms. The standard InChI is InChI=1S/C20H22ClFN4O4S/c1-2-28-19(27)12-29-20-17(6-5-7-23-20)30-18-11-16(15(22)10-14(18)21)25(13-31)26-9-4-3-8-24-26/h5-7,10-11,13,24H,2-4,8-9,12H2,1H3. The van der Waals surface area contributed by atoms with Crippen molar-refractivity contribution in [2.24, 2.45) is 0 Å². The molecule has 0 aliphatic carbocycles. The van der Waals surface area contributed by atoms with E-state index in [1.165, 1.54) is 22.8 Å². The highest BCUT2D eigenvalue weighted by Crippen LogP contribution is 2.38. The second-order valence-corrected chi connectivity index (χ2v) is 7.04. The molecule has 11 heteroatoms. The molecule has 1 aliphatic rings. The number of anilines is 1. The lowest BCUT2D eigenvalue weighted by Gasteiger charge is -2.36. The van der Waals surface area contributed by atoms with Crippen molar-refractivity contribution in [3.8, 4) is 17.4 Å². The molecular weight excluding hydrogens is 447 g/mol. The van der Waals surface area contributed by atoms with E-state index in [0.29, 0.717) is 6.54 Å². The Labute approximate surface area is 189 Å². The summed E-state index contributed by atoms with van der Waals surface area (Å²) in [5.74, 6) is -0.647. The normalized spacial score (nSPS) is 14.0. The number of aromatic nitrogens is 1. The fraction of sp³-hybridized carbons (Fsp3) is 0.350. The van der Waals surface area contributed by atoms with Crippen LogP contribution >= 0.6 is 23.8 Å². The number of thiocarbonyl (C=S) groups is 1. The molecule has 0 unspecified atom stereocenters. The number of rotatable bonds is 9. The monoisotopic (exact) mass is 468 g/mol. The molecule has 1 aromatic carbocycles. The molecule has 2 heterocycles. The van der Waals surface area contributed by atoms with Crippen LogP contribution in [-0.4, -0.2) is 47.9 Å². The number of carbonyl (C=O) groups excluding carboxylic acids is 1. The van der Waals surface area contributed by atoms with Gasteiger partial charge in [0.1, 0.15) is 11.6 Å². The molecule has 166 valence electrons. The molecule has 1 fully saturated rings. The SMILES string of the molecule is CCOC(=O)COc1ncccc1Oc1cc(N(C=S)N2CCCCN2)c(F)cc1Cl. The van der Waals surface area contributed by atoms with Gasteiger partial charge in [-0.05, 0) is 38.0 Å². The number of nitrogens with one attached hydrogen (secondary N) is 1. The number of benzene rings is 1. The van der Waals surface area contributed by atoms with Crippen LogP contribution in [0, 0.1) is 5.82 Å². The molecule has 0 spiro atoms. The molecule has 8 nitrogen and oxygen atoms in total. The van der Waals surface area contributed by atoms with Gasteiger partial charge in [-0.2, -0.15) is 5.12 Å². The van der Waals surface area contributed by atoms with Crippen molar-refractivity contribution in [1.29, 1.82) is 0 Å². The second-order valence-electron chi connectivity index (χ2n) is 6.42. The van der Waals surface area contributed by atoms with Crippen LogP contribution in [0.3, 0.4) is 0 Å². The van der Waals surface area contributed by atoms with Gasteiger partial charge < -0.3 is 14.2 Å². The maximum atomic E-state index is 14.7. The number of halogens is 2. The van der Waals surface area contributed by atoms with Crippen molar-refractivity contribution in [2.45, 2.75) is 19.8 Å². The minimum Gasteiger partial charge on any atom is -0.463 e. The van der Waals surface area contributed by atoms with Crippen molar-refractivity contribution in [3.05, 3.63) is 41.3 Å². The van der Waals surface area contributed by atoms with Crippen LogP contribution in [0.5, 0.6) is 17.4 Å². The summed E-state index contributed by atoms with van der Waals surface area (Å²) in [6, 6.07) is 5.82. The van der Waals surface area contributed by atoms with Gasteiger partial charge in [0.05, 0.1) is 22.8 Å². The number of hydrogen-bond donors (Lipinski definition) is 1. The Morgan fingerprint density at radius 1 is 1.42 bits per heavy atom. The van der Waals surface area contributed by atoms with Gasteiger partial charge in [0.2, 0.25) is 0 Å². The first-order valence-corrected chi connectivity index (χ1v) is 10.5. The molecule has 0 atom stereocenters. The number of nitrogens with zero attached hydrogens (tertiary/aromatic N) is 3. The number of ether oxygens (including phenoxy) is 3. The summed E-state index contributed by atoms with van der Waals surface area (Å²) in [7, 11) is 0. The average molecular weight is 469 g/mol. The van der Waals surface area contributed by atoms with Gasteiger partial charge >= 0.3 is 5.97 Å². The smallest absolute Gasteiger partial charge is 0.344 e. The Bertz CT molecular complexity index is 930. The number of hydrogen-bond acceptors (Lipinski definition) is 8. The largest absolute Gasteiger partial charge is 0.463 e. The summed E-state index contributed by atoms with van der Waals surface area (Å²) in [5.41, 5.74) is 4.68. The summed E-state index contributed by atoms with van der Waals surface area (Å²) in [5, 5.41) is 3.29. The third-order valence-electron chi connectivity index (χ3n) is 4.29. The highest BCUT2D eigenvalue weighted by Gasteiger charge is 2.22. The van der Waals surface area contributed by atoms with Crippen LogP contribution in [0.1, 0.15) is 19.8 Å². The van der Waals surface area contributed by atoms with Crippen molar-refractivity contribution in [2.75, 3.05) is 31.3 Å². The van der Waals surface area contributed by atoms with E-state index in [4.69, 9.17) is 38.0 Å². The molecule has 1 aromatic heterocycles. The van der Waals surface area contributed by atoms with Gasteiger partial charge in [-0.3, -0.25) is 5.01 Å². The Balaban J connectivity index is 1.84. The highest BCUT2D eigenvalue weighted by molar-refractivity contribution is 7.79. The van der Waals surface area contributed by atoms with Crippen molar-refractivity contribution in [1.82, 2.24) is 15.5 Å². The predicted octanol–water partition coefficient (Wildman–Crippen LogP) is 3.89. The lowest BCUT2D eigenvalue weighted by molar-refractivity contribution is -0.145. The first kappa shape index (κ1) is 23.1.